The minimum absolute atomic E-state index is 0.117. The van der Waals surface area contributed by atoms with Gasteiger partial charge in [-0.25, -0.2) is 4.79 Å². The molecule has 0 aliphatic heterocycles. The Labute approximate surface area is 107 Å². The van der Waals surface area contributed by atoms with Gasteiger partial charge in [0, 0.05) is 11.6 Å². The van der Waals surface area contributed by atoms with Gasteiger partial charge in [-0.1, -0.05) is 12.1 Å². The number of para-hydroxylation sites is 1. The van der Waals surface area contributed by atoms with Crippen LogP contribution in [-0.4, -0.2) is 24.0 Å². The van der Waals surface area contributed by atoms with E-state index in [2.05, 4.69) is 4.74 Å². The molecule has 0 heterocycles. The molecule has 0 radical (unpaired) electrons. The number of hydrogen-bond acceptors (Lipinski definition) is 3. The van der Waals surface area contributed by atoms with E-state index in [1.807, 2.05) is 0 Å². The third kappa shape index (κ3) is 4.90. The van der Waals surface area contributed by atoms with Crippen molar-refractivity contribution in [3.63, 3.8) is 0 Å². The molecule has 0 bridgehead atoms. The van der Waals surface area contributed by atoms with E-state index in [9.17, 15) is 18.0 Å². The highest BCUT2D eigenvalue weighted by Gasteiger charge is 2.32. The second-order valence-electron chi connectivity index (χ2n) is 3.33. The zero-order valence-electron chi connectivity index (χ0n) is 9.90. The zero-order chi connectivity index (χ0) is 14.5. The predicted octanol–water partition coefficient (Wildman–Crippen LogP) is 3.08. The molecule has 7 heteroatoms. The fourth-order valence-corrected chi connectivity index (χ4v) is 1.33. The van der Waals surface area contributed by atoms with Gasteiger partial charge in [0.1, 0.15) is 0 Å². The van der Waals surface area contributed by atoms with Crippen LogP contribution in [0.5, 0.6) is 11.5 Å². The minimum Gasteiger partial charge on any atom is -0.489 e. The summed E-state index contributed by atoms with van der Waals surface area (Å²) in [5, 5.41) is 8.51. The highest BCUT2D eigenvalue weighted by atomic mass is 19.4. The predicted molar refractivity (Wildman–Crippen MR) is 61.0 cm³/mol. The van der Waals surface area contributed by atoms with Crippen LogP contribution in [0.3, 0.4) is 0 Å². The van der Waals surface area contributed by atoms with Crippen molar-refractivity contribution in [2.75, 3.05) is 6.61 Å². The number of halogens is 3. The monoisotopic (exact) mass is 276 g/mol. The molecule has 1 N–H and O–H groups in total. The first-order valence-electron chi connectivity index (χ1n) is 5.26. The number of carboxylic acids is 1. The van der Waals surface area contributed by atoms with Crippen LogP contribution < -0.4 is 9.47 Å². The van der Waals surface area contributed by atoms with Crippen molar-refractivity contribution in [1.29, 1.82) is 0 Å². The van der Waals surface area contributed by atoms with E-state index < -0.39 is 18.1 Å². The fraction of sp³-hybridized carbons (Fsp3) is 0.250. The summed E-state index contributed by atoms with van der Waals surface area (Å²) >= 11 is 0. The van der Waals surface area contributed by atoms with Crippen LogP contribution in [0.2, 0.25) is 0 Å². The molecule has 0 atom stereocenters. The Morgan fingerprint density at radius 2 is 2.11 bits per heavy atom. The van der Waals surface area contributed by atoms with Gasteiger partial charge in [0.05, 0.1) is 6.61 Å². The first-order valence-corrected chi connectivity index (χ1v) is 5.26. The molecule has 0 aromatic heterocycles. The van der Waals surface area contributed by atoms with Gasteiger partial charge in [-0.2, -0.15) is 0 Å². The maximum Gasteiger partial charge on any atom is 0.573 e. The normalized spacial score (nSPS) is 11.6. The van der Waals surface area contributed by atoms with Crippen LogP contribution >= 0.6 is 0 Å². The standard InChI is InChI=1S/C12H11F3O4/c1-2-18-11-8(6-7-10(16)17)4-3-5-9(11)19-12(13,14)15/h3-7H,2H2,1H3,(H,16,17)/b7-6+. The van der Waals surface area contributed by atoms with E-state index in [4.69, 9.17) is 9.84 Å². The molecule has 0 saturated carbocycles. The van der Waals surface area contributed by atoms with Gasteiger partial charge in [0.2, 0.25) is 0 Å². The summed E-state index contributed by atoms with van der Waals surface area (Å²) in [6.45, 7) is 1.71. The van der Waals surface area contributed by atoms with E-state index in [-0.39, 0.29) is 17.9 Å². The van der Waals surface area contributed by atoms with Gasteiger partial charge in [-0.3, -0.25) is 0 Å². The molecule has 1 rings (SSSR count). The molecule has 0 amide bonds. The van der Waals surface area contributed by atoms with Crippen molar-refractivity contribution in [2.24, 2.45) is 0 Å². The van der Waals surface area contributed by atoms with Crippen molar-refractivity contribution in [2.45, 2.75) is 13.3 Å². The molecule has 104 valence electrons. The maximum atomic E-state index is 12.2. The second-order valence-corrected chi connectivity index (χ2v) is 3.33. The van der Waals surface area contributed by atoms with E-state index in [1.54, 1.807) is 6.92 Å². The molecule has 19 heavy (non-hydrogen) atoms. The van der Waals surface area contributed by atoms with E-state index in [0.29, 0.717) is 0 Å². The highest BCUT2D eigenvalue weighted by molar-refractivity contribution is 5.86. The zero-order valence-corrected chi connectivity index (χ0v) is 9.90. The first-order chi connectivity index (χ1) is 8.83. The summed E-state index contributed by atoms with van der Waals surface area (Å²) in [4.78, 5) is 10.4. The van der Waals surface area contributed by atoms with Crippen molar-refractivity contribution in [1.82, 2.24) is 0 Å². The molecule has 0 fully saturated rings. The third-order valence-corrected chi connectivity index (χ3v) is 1.93. The molecule has 1 aromatic carbocycles. The van der Waals surface area contributed by atoms with Gasteiger partial charge in [-0.05, 0) is 19.1 Å². The molecule has 1 aromatic rings. The number of alkyl halides is 3. The van der Waals surface area contributed by atoms with Gasteiger partial charge >= 0.3 is 12.3 Å². The van der Waals surface area contributed by atoms with E-state index in [1.165, 1.54) is 12.1 Å². The summed E-state index contributed by atoms with van der Waals surface area (Å²) in [7, 11) is 0. The molecule has 0 saturated heterocycles. The van der Waals surface area contributed by atoms with Crippen LogP contribution in [0.25, 0.3) is 6.08 Å². The SMILES string of the molecule is CCOc1c(/C=C/C(=O)O)cccc1OC(F)(F)F. The Hall–Kier alpha value is -2.18. The number of carbonyl (C=O) groups is 1. The number of benzene rings is 1. The molecule has 0 spiro atoms. The summed E-state index contributed by atoms with van der Waals surface area (Å²) in [6.07, 6.45) is -2.91. The minimum atomic E-state index is -4.85. The summed E-state index contributed by atoms with van der Waals surface area (Å²) in [6, 6.07) is 3.83. The van der Waals surface area contributed by atoms with Gasteiger partial charge in [0.25, 0.3) is 0 Å². The van der Waals surface area contributed by atoms with E-state index >= 15 is 0 Å². The second kappa shape index (κ2) is 6.12. The Balaban J connectivity index is 3.17. The number of ether oxygens (including phenoxy) is 2. The Kier molecular flexibility index (Phi) is 4.80. The third-order valence-electron chi connectivity index (χ3n) is 1.93. The maximum absolute atomic E-state index is 12.2. The fourth-order valence-electron chi connectivity index (χ4n) is 1.33. The van der Waals surface area contributed by atoms with Gasteiger partial charge in [-0.15, -0.1) is 13.2 Å². The van der Waals surface area contributed by atoms with Crippen molar-refractivity contribution < 1.29 is 32.5 Å². The Bertz CT molecular complexity index is 480. The lowest BCUT2D eigenvalue weighted by Crippen LogP contribution is -2.18. The largest absolute Gasteiger partial charge is 0.573 e. The number of aliphatic carboxylic acids is 1. The van der Waals surface area contributed by atoms with Crippen LogP contribution in [0.4, 0.5) is 13.2 Å². The van der Waals surface area contributed by atoms with Crippen LogP contribution in [0.1, 0.15) is 12.5 Å². The molecule has 0 aliphatic carbocycles. The lowest BCUT2D eigenvalue weighted by atomic mass is 10.1. The van der Waals surface area contributed by atoms with Crippen molar-refractivity contribution in [3.8, 4) is 11.5 Å². The smallest absolute Gasteiger partial charge is 0.489 e. The lowest BCUT2D eigenvalue weighted by Gasteiger charge is -2.15. The van der Waals surface area contributed by atoms with E-state index in [0.717, 1.165) is 18.2 Å². The quantitative estimate of drug-likeness (QED) is 0.840. The molecular weight excluding hydrogens is 265 g/mol. The molecule has 4 nitrogen and oxygen atoms in total. The number of carboxylic acid groups (broad SMARTS) is 1. The number of hydrogen-bond donors (Lipinski definition) is 1. The lowest BCUT2D eigenvalue weighted by molar-refractivity contribution is -0.275. The Morgan fingerprint density at radius 3 is 2.63 bits per heavy atom. The average Bonchev–Trinajstić information content (AvgIpc) is 2.27. The van der Waals surface area contributed by atoms with Crippen LogP contribution in [-0.2, 0) is 4.79 Å². The Morgan fingerprint density at radius 1 is 1.42 bits per heavy atom. The molecule has 0 aliphatic rings. The summed E-state index contributed by atoms with van der Waals surface area (Å²) in [5.74, 6) is -1.88. The average molecular weight is 276 g/mol. The van der Waals surface area contributed by atoms with Crippen molar-refractivity contribution >= 4 is 12.0 Å². The van der Waals surface area contributed by atoms with Crippen molar-refractivity contribution in [3.05, 3.63) is 29.8 Å². The summed E-state index contributed by atoms with van der Waals surface area (Å²) in [5.41, 5.74) is 0.186. The first kappa shape index (κ1) is 14.9. The highest BCUT2D eigenvalue weighted by Crippen LogP contribution is 2.35. The van der Waals surface area contributed by atoms with Crippen LogP contribution in [0, 0.1) is 0 Å². The summed E-state index contributed by atoms with van der Waals surface area (Å²) < 4.78 is 45.6. The number of rotatable bonds is 5. The topological polar surface area (TPSA) is 55.8 Å². The van der Waals surface area contributed by atoms with Gasteiger partial charge in [0.15, 0.2) is 11.5 Å². The molecule has 0 unspecified atom stereocenters. The van der Waals surface area contributed by atoms with Gasteiger partial charge < -0.3 is 14.6 Å². The molecular formula is C12H11F3O4. The van der Waals surface area contributed by atoms with Crippen LogP contribution in [0.15, 0.2) is 24.3 Å².